The Bertz CT molecular complexity index is 494. The third-order valence-corrected chi connectivity index (χ3v) is 2.65. The molecule has 0 amide bonds. The van der Waals surface area contributed by atoms with E-state index in [1.165, 1.54) is 13.2 Å². The first-order valence-electron chi connectivity index (χ1n) is 5.32. The number of hydrogen-bond acceptors (Lipinski definition) is 3. The Morgan fingerprint density at radius 3 is 2.35 bits per heavy atom. The summed E-state index contributed by atoms with van der Waals surface area (Å²) in [5.41, 5.74) is 1.21. The Hall–Kier alpha value is -2.00. The van der Waals surface area contributed by atoms with Crippen molar-refractivity contribution in [3.63, 3.8) is 0 Å². The standard InChI is InChI=1S/C14H14O3/c1-17-11-7-8-12(13(15)9-11)14(16)10-5-3-2-4-6-10/h2-9,14-16H,1H3/t14-/m0/s1. The average Bonchev–Trinajstić information content (AvgIpc) is 2.39. The van der Waals surface area contributed by atoms with Crippen LogP contribution in [0.4, 0.5) is 0 Å². The lowest BCUT2D eigenvalue weighted by Gasteiger charge is -2.13. The Kier molecular flexibility index (Phi) is 3.30. The molecule has 2 N–H and O–H groups in total. The molecule has 0 fully saturated rings. The molecule has 0 spiro atoms. The molecule has 0 bridgehead atoms. The molecule has 17 heavy (non-hydrogen) atoms. The zero-order valence-corrected chi connectivity index (χ0v) is 9.50. The molecule has 2 aromatic rings. The molecule has 0 aliphatic heterocycles. The third-order valence-electron chi connectivity index (χ3n) is 2.65. The maximum absolute atomic E-state index is 10.1. The highest BCUT2D eigenvalue weighted by molar-refractivity contribution is 5.44. The summed E-state index contributed by atoms with van der Waals surface area (Å²) in [4.78, 5) is 0. The molecule has 3 heteroatoms. The second-order valence-corrected chi connectivity index (χ2v) is 3.74. The molecule has 0 saturated heterocycles. The zero-order chi connectivity index (χ0) is 12.3. The van der Waals surface area contributed by atoms with E-state index in [0.29, 0.717) is 11.3 Å². The molecule has 0 radical (unpaired) electrons. The van der Waals surface area contributed by atoms with E-state index < -0.39 is 6.10 Å². The van der Waals surface area contributed by atoms with Crippen LogP contribution in [0.25, 0.3) is 0 Å². The highest BCUT2D eigenvalue weighted by atomic mass is 16.5. The van der Waals surface area contributed by atoms with Crippen LogP contribution in [0.15, 0.2) is 48.5 Å². The first-order chi connectivity index (χ1) is 8.22. The fourth-order valence-corrected chi connectivity index (χ4v) is 1.70. The van der Waals surface area contributed by atoms with Crippen molar-refractivity contribution in [2.45, 2.75) is 6.10 Å². The minimum Gasteiger partial charge on any atom is -0.507 e. The van der Waals surface area contributed by atoms with E-state index in [4.69, 9.17) is 4.74 Å². The molecule has 0 saturated carbocycles. The van der Waals surface area contributed by atoms with Gasteiger partial charge in [0.1, 0.15) is 17.6 Å². The molecule has 0 aliphatic rings. The molecule has 88 valence electrons. The van der Waals surface area contributed by atoms with Gasteiger partial charge in [0.05, 0.1) is 7.11 Å². The maximum atomic E-state index is 10.1. The van der Waals surface area contributed by atoms with Crippen LogP contribution in [0.3, 0.4) is 0 Å². The van der Waals surface area contributed by atoms with Gasteiger partial charge in [0.15, 0.2) is 0 Å². The lowest BCUT2D eigenvalue weighted by atomic mass is 10.0. The fourth-order valence-electron chi connectivity index (χ4n) is 1.70. The number of phenolic OH excluding ortho intramolecular Hbond substituents is 1. The van der Waals surface area contributed by atoms with E-state index in [1.807, 2.05) is 30.3 Å². The quantitative estimate of drug-likeness (QED) is 0.851. The van der Waals surface area contributed by atoms with Crippen LogP contribution in [-0.2, 0) is 0 Å². The predicted molar refractivity (Wildman–Crippen MR) is 65.2 cm³/mol. The number of methoxy groups -OCH3 is 1. The van der Waals surface area contributed by atoms with E-state index in [-0.39, 0.29) is 5.75 Å². The third kappa shape index (κ3) is 2.40. The second-order valence-electron chi connectivity index (χ2n) is 3.74. The SMILES string of the molecule is COc1ccc([C@@H](O)c2ccccc2)c(O)c1. The van der Waals surface area contributed by atoms with Gasteiger partial charge in [-0.25, -0.2) is 0 Å². The summed E-state index contributed by atoms with van der Waals surface area (Å²) in [7, 11) is 1.53. The largest absolute Gasteiger partial charge is 0.507 e. The van der Waals surface area contributed by atoms with E-state index in [0.717, 1.165) is 5.56 Å². The van der Waals surface area contributed by atoms with Gasteiger partial charge in [-0.2, -0.15) is 0 Å². The molecular formula is C14H14O3. The van der Waals surface area contributed by atoms with Crippen molar-refractivity contribution in [2.75, 3.05) is 7.11 Å². The van der Waals surface area contributed by atoms with Gasteiger partial charge in [-0.3, -0.25) is 0 Å². The van der Waals surface area contributed by atoms with Crippen molar-refractivity contribution < 1.29 is 14.9 Å². The van der Waals surface area contributed by atoms with Gasteiger partial charge < -0.3 is 14.9 Å². The number of hydrogen-bond donors (Lipinski definition) is 2. The van der Waals surface area contributed by atoms with Crippen LogP contribution in [0, 0.1) is 0 Å². The zero-order valence-electron chi connectivity index (χ0n) is 9.50. The minimum absolute atomic E-state index is 0.0284. The van der Waals surface area contributed by atoms with Crippen molar-refractivity contribution in [2.24, 2.45) is 0 Å². The lowest BCUT2D eigenvalue weighted by Crippen LogP contribution is -1.99. The van der Waals surface area contributed by atoms with Crippen LogP contribution >= 0.6 is 0 Å². The van der Waals surface area contributed by atoms with Gasteiger partial charge in [0, 0.05) is 11.6 Å². The summed E-state index contributed by atoms with van der Waals surface area (Å²) >= 11 is 0. The topological polar surface area (TPSA) is 49.7 Å². The molecule has 0 heterocycles. The van der Waals surface area contributed by atoms with Gasteiger partial charge >= 0.3 is 0 Å². The van der Waals surface area contributed by atoms with Crippen LogP contribution in [0.5, 0.6) is 11.5 Å². The predicted octanol–water partition coefficient (Wildman–Crippen LogP) is 2.48. The Balaban J connectivity index is 2.34. The highest BCUT2D eigenvalue weighted by Gasteiger charge is 2.14. The first-order valence-corrected chi connectivity index (χ1v) is 5.32. The second kappa shape index (κ2) is 4.89. The van der Waals surface area contributed by atoms with E-state index in [1.54, 1.807) is 12.1 Å². The van der Waals surface area contributed by atoms with Crippen LogP contribution in [0.2, 0.25) is 0 Å². The van der Waals surface area contributed by atoms with Gasteiger partial charge in [0.25, 0.3) is 0 Å². The fraction of sp³-hybridized carbons (Fsp3) is 0.143. The number of aromatic hydroxyl groups is 1. The van der Waals surface area contributed by atoms with E-state index in [2.05, 4.69) is 0 Å². The Labute approximate surface area is 99.9 Å². The molecule has 1 atom stereocenters. The summed E-state index contributed by atoms with van der Waals surface area (Å²) in [6.45, 7) is 0. The van der Waals surface area contributed by atoms with Crippen molar-refractivity contribution >= 4 is 0 Å². The number of ether oxygens (including phenoxy) is 1. The summed E-state index contributed by atoms with van der Waals surface area (Å²) in [5.74, 6) is 0.590. The highest BCUT2D eigenvalue weighted by Crippen LogP contribution is 2.31. The number of rotatable bonds is 3. The smallest absolute Gasteiger partial charge is 0.125 e. The number of benzene rings is 2. The van der Waals surface area contributed by atoms with Crippen molar-refractivity contribution in [3.8, 4) is 11.5 Å². The Morgan fingerprint density at radius 2 is 1.76 bits per heavy atom. The molecule has 0 aromatic heterocycles. The number of phenols is 1. The van der Waals surface area contributed by atoms with Gasteiger partial charge in [-0.15, -0.1) is 0 Å². The minimum atomic E-state index is -0.831. The van der Waals surface area contributed by atoms with Crippen LogP contribution < -0.4 is 4.74 Å². The van der Waals surface area contributed by atoms with Crippen molar-refractivity contribution in [1.29, 1.82) is 0 Å². The first kappa shape index (κ1) is 11.5. The van der Waals surface area contributed by atoms with Gasteiger partial charge in [0.2, 0.25) is 0 Å². The number of aliphatic hydroxyl groups is 1. The van der Waals surface area contributed by atoms with E-state index >= 15 is 0 Å². The van der Waals surface area contributed by atoms with E-state index in [9.17, 15) is 10.2 Å². The normalized spacial score (nSPS) is 12.1. The molecule has 2 rings (SSSR count). The molecule has 3 nitrogen and oxygen atoms in total. The molecular weight excluding hydrogens is 216 g/mol. The number of aliphatic hydroxyl groups excluding tert-OH is 1. The summed E-state index contributed by atoms with van der Waals surface area (Å²) in [5, 5.41) is 19.9. The maximum Gasteiger partial charge on any atom is 0.125 e. The van der Waals surface area contributed by atoms with Crippen LogP contribution in [-0.4, -0.2) is 17.3 Å². The monoisotopic (exact) mass is 230 g/mol. The summed E-state index contributed by atoms with van der Waals surface area (Å²) < 4.78 is 4.99. The summed E-state index contributed by atoms with van der Waals surface area (Å²) in [6, 6.07) is 14.1. The van der Waals surface area contributed by atoms with Gasteiger partial charge in [-0.05, 0) is 17.7 Å². The van der Waals surface area contributed by atoms with Crippen molar-refractivity contribution in [1.82, 2.24) is 0 Å². The molecule has 0 unspecified atom stereocenters. The average molecular weight is 230 g/mol. The molecule has 2 aromatic carbocycles. The Morgan fingerprint density at radius 1 is 1.06 bits per heavy atom. The molecule has 0 aliphatic carbocycles. The summed E-state index contributed by atoms with van der Waals surface area (Å²) in [6.07, 6.45) is -0.831. The lowest BCUT2D eigenvalue weighted by molar-refractivity contribution is 0.215. The van der Waals surface area contributed by atoms with Crippen LogP contribution in [0.1, 0.15) is 17.2 Å². The van der Waals surface area contributed by atoms with Crippen molar-refractivity contribution in [3.05, 3.63) is 59.7 Å². The van der Waals surface area contributed by atoms with Gasteiger partial charge in [-0.1, -0.05) is 30.3 Å².